The van der Waals surface area contributed by atoms with Crippen LogP contribution < -0.4 is 4.90 Å². The molecule has 1 aromatic carbocycles. The van der Waals surface area contributed by atoms with Crippen molar-refractivity contribution in [2.75, 3.05) is 31.1 Å². The molecule has 0 radical (unpaired) electrons. The maximum atomic E-state index is 6.28. The van der Waals surface area contributed by atoms with Gasteiger partial charge in [0.2, 0.25) is 0 Å². The third kappa shape index (κ3) is 2.41. The molecule has 3 heteroatoms. The highest BCUT2D eigenvalue weighted by atomic mass is 16.5. The molecule has 0 N–H and O–H groups in total. The van der Waals surface area contributed by atoms with Gasteiger partial charge in [0.25, 0.3) is 0 Å². The topological polar surface area (TPSA) is 15.7 Å². The van der Waals surface area contributed by atoms with E-state index in [2.05, 4.69) is 46.2 Å². The second-order valence-corrected chi connectivity index (χ2v) is 6.82. The Morgan fingerprint density at radius 2 is 1.82 bits per heavy atom. The van der Waals surface area contributed by atoms with Crippen LogP contribution in [0.4, 0.5) is 5.69 Å². The molecular formula is C19H26N2O. The Labute approximate surface area is 133 Å². The van der Waals surface area contributed by atoms with Crippen LogP contribution in [0.15, 0.2) is 42.7 Å². The van der Waals surface area contributed by atoms with Gasteiger partial charge in [-0.25, -0.2) is 0 Å². The zero-order chi connectivity index (χ0) is 14.8. The first-order valence-corrected chi connectivity index (χ1v) is 8.76. The number of ether oxygens (including phenoxy) is 1. The summed E-state index contributed by atoms with van der Waals surface area (Å²) >= 11 is 0. The number of piperazine rings is 1. The number of fused-ring (bicyclic) bond motifs is 1. The van der Waals surface area contributed by atoms with Gasteiger partial charge in [0.15, 0.2) is 5.72 Å². The lowest BCUT2D eigenvalue weighted by atomic mass is 9.77. The molecule has 118 valence electrons. The average Bonchev–Trinajstić information content (AvgIpc) is 2.62. The number of hydrogen-bond acceptors (Lipinski definition) is 3. The molecular weight excluding hydrogens is 272 g/mol. The van der Waals surface area contributed by atoms with Crippen molar-refractivity contribution in [1.82, 2.24) is 4.90 Å². The molecule has 1 saturated heterocycles. The number of para-hydroxylation sites is 1. The number of allylic oxidation sites excluding steroid dienone is 1. The van der Waals surface area contributed by atoms with E-state index in [-0.39, 0.29) is 5.72 Å². The zero-order valence-corrected chi connectivity index (χ0v) is 13.3. The van der Waals surface area contributed by atoms with Crippen LogP contribution in [0.2, 0.25) is 0 Å². The van der Waals surface area contributed by atoms with E-state index in [4.69, 9.17) is 4.74 Å². The van der Waals surface area contributed by atoms with Gasteiger partial charge in [-0.05, 0) is 37.5 Å². The molecule has 4 rings (SSSR count). The summed E-state index contributed by atoms with van der Waals surface area (Å²) in [6.45, 7) is 4.43. The average molecular weight is 298 g/mol. The highest BCUT2D eigenvalue weighted by Crippen LogP contribution is 2.44. The van der Waals surface area contributed by atoms with Crippen LogP contribution >= 0.6 is 0 Å². The number of nitrogens with zero attached hydrogens (tertiary/aromatic N) is 2. The summed E-state index contributed by atoms with van der Waals surface area (Å²) in [4.78, 5) is 5.14. The molecule has 0 bridgehead atoms. The van der Waals surface area contributed by atoms with Gasteiger partial charge in [-0.1, -0.05) is 24.6 Å². The Balaban J connectivity index is 1.47. The molecule has 2 aliphatic heterocycles. The summed E-state index contributed by atoms with van der Waals surface area (Å²) in [6, 6.07) is 10.8. The van der Waals surface area contributed by atoms with Crippen molar-refractivity contribution < 1.29 is 4.74 Å². The maximum Gasteiger partial charge on any atom is 0.165 e. The van der Waals surface area contributed by atoms with Gasteiger partial charge in [0, 0.05) is 44.2 Å². The van der Waals surface area contributed by atoms with Gasteiger partial charge in [0.1, 0.15) is 0 Å². The van der Waals surface area contributed by atoms with Crippen molar-refractivity contribution in [2.45, 2.75) is 37.8 Å². The Morgan fingerprint density at radius 3 is 2.64 bits per heavy atom. The van der Waals surface area contributed by atoms with Crippen LogP contribution in [0.5, 0.6) is 0 Å². The van der Waals surface area contributed by atoms with E-state index in [0.717, 1.165) is 26.2 Å². The minimum absolute atomic E-state index is 0.00419. The molecule has 0 amide bonds. The minimum Gasteiger partial charge on any atom is -0.480 e. The fraction of sp³-hybridized carbons (Fsp3) is 0.579. The van der Waals surface area contributed by atoms with Crippen LogP contribution in [0.3, 0.4) is 0 Å². The van der Waals surface area contributed by atoms with Crippen LogP contribution in [-0.2, 0) is 4.74 Å². The van der Waals surface area contributed by atoms with Crippen LogP contribution in [0.1, 0.15) is 32.1 Å². The lowest BCUT2D eigenvalue weighted by Crippen LogP contribution is -2.62. The summed E-state index contributed by atoms with van der Waals surface area (Å²) in [5.41, 5.74) is 1.35. The summed E-state index contributed by atoms with van der Waals surface area (Å²) in [6.07, 6.45) is 10.6. The fourth-order valence-corrected chi connectivity index (χ4v) is 4.51. The SMILES string of the molecule is C1=COC2(N3CCN(c4ccccc4)CC3)CCCCC2C1. The molecule has 2 fully saturated rings. The second-order valence-electron chi connectivity index (χ2n) is 6.82. The van der Waals surface area contributed by atoms with Crippen molar-refractivity contribution in [1.29, 1.82) is 0 Å². The molecule has 2 heterocycles. The zero-order valence-electron chi connectivity index (χ0n) is 13.3. The van der Waals surface area contributed by atoms with E-state index in [9.17, 15) is 0 Å². The molecule has 1 aromatic rings. The van der Waals surface area contributed by atoms with Gasteiger partial charge < -0.3 is 9.64 Å². The summed E-state index contributed by atoms with van der Waals surface area (Å²) < 4.78 is 6.28. The van der Waals surface area contributed by atoms with E-state index in [1.54, 1.807) is 0 Å². The molecule has 3 nitrogen and oxygen atoms in total. The highest BCUT2D eigenvalue weighted by molar-refractivity contribution is 5.46. The Kier molecular flexibility index (Phi) is 3.83. The first-order valence-electron chi connectivity index (χ1n) is 8.76. The number of rotatable bonds is 2. The van der Waals surface area contributed by atoms with Gasteiger partial charge in [-0.15, -0.1) is 0 Å². The first kappa shape index (κ1) is 14.1. The van der Waals surface area contributed by atoms with Gasteiger partial charge in [-0.3, -0.25) is 4.90 Å². The van der Waals surface area contributed by atoms with Crippen molar-refractivity contribution in [3.63, 3.8) is 0 Å². The summed E-state index contributed by atoms with van der Waals surface area (Å²) in [5, 5.41) is 0. The lowest BCUT2D eigenvalue weighted by molar-refractivity contribution is -0.182. The van der Waals surface area contributed by atoms with Crippen molar-refractivity contribution >= 4 is 5.69 Å². The first-order chi connectivity index (χ1) is 10.9. The van der Waals surface area contributed by atoms with E-state index >= 15 is 0 Å². The summed E-state index contributed by atoms with van der Waals surface area (Å²) in [7, 11) is 0. The van der Waals surface area contributed by atoms with Gasteiger partial charge in [0.05, 0.1) is 6.26 Å². The van der Waals surface area contributed by atoms with Crippen LogP contribution in [0, 0.1) is 5.92 Å². The van der Waals surface area contributed by atoms with E-state index in [0.29, 0.717) is 5.92 Å². The second kappa shape index (κ2) is 5.96. The minimum atomic E-state index is -0.00419. The van der Waals surface area contributed by atoms with Crippen molar-refractivity contribution in [3.05, 3.63) is 42.7 Å². The molecule has 0 spiro atoms. The molecule has 2 unspecified atom stereocenters. The van der Waals surface area contributed by atoms with Crippen LogP contribution in [-0.4, -0.2) is 36.8 Å². The molecule has 0 aromatic heterocycles. The standard InChI is InChI=1S/C19H26N2O/c1-2-9-18(10-3-1)20-12-14-21(15-13-20)19-11-5-4-7-17(19)8-6-16-22-19/h1-3,6,9-10,16-17H,4-5,7-8,11-15H2. The predicted octanol–water partition coefficient (Wildman–Crippen LogP) is 3.63. The fourth-order valence-electron chi connectivity index (χ4n) is 4.51. The molecule has 1 saturated carbocycles. The lowest BCUT2D eigenvalue weighted by Gasteiger charge is -2.53. The molecule has 2 atom stereocenters. The van der Waals surface area contributed by atoms with E-state index in [1.807, 2.05) is 6.26 Å². The van der Waals surface area contributed by atoms with Crippen LogP contribution in [0.25, 0.3) is 0 Å². The van der Waals surface area contributed by atoms with E-state index in [1.165, 1.54) is 37.8 Å². The quantitative estimate of drug-likeness (QED) is 0.829. The Hall–Kier alpha value is -1.48. The summed E-state index contributed by atoms with van der Waals surface area (Å²) in [5.74, 6) is 0.689. The van der Waals surface area contributed by atoms with Gasteiger partial charge in [-0.2, -0.15) is 0 Å². The van der Waals surface area contributed by atoms with E-state index < -0.39 is 0 Å². The molecule has 22 heavy (non-hydrogen) atoms. The molecule has 1 aliphatic carbocycles. The normalized spacial score (nSPS) is 32.4. The number of benzene rings is 1. The smallest absolute Gasteiger partial charge is 0.165 e. The third-order valence-corrected chi connectivity index (χ3v) is 5.70. The van der Waals surface area contributed by atoms with Crippen molar-refractivity contribution in [3.8, 4) is 0 Å². The largest absolute Gasteiger partial charge is 0.480 e. The Morgan fingerprint density at radius 1 is 1.00 bits per heavy atom. The number of anilines is 1. The third-order valence-electron chi connectivity index (χ3n) is 5.70. The van der Waals surface area contributed by atoms with Crippen molar-refractivity contribution in [2.24, 2.45) is 5.92 Å². The Bertz CT molecular complexity index is 521. The highest BCUT2D eigenvalue weighted by Gasteiger charge is 2.48. The number of hydrogen-bond donors (Lipinski definition) is 0. The predicted molar refractivity (Wildman–Crippen MR) is 89.8 cm³/mol. The molecule has 3 aliphatic rings. The monoisotopic (exact) mass is 298 g/mol. The van der Waals surface area contributed by atoms with Gasteiger partial charge >= 0.3 is 0 Å². The maximum absolute atomic E-state index is 6.28.